The molecule has 0 aromatic carbocycles. The zero-order valence-corrected chi connectivity index (χ0v) is 9.21. The highest BCUT2D eigenvalue weighted by Crippen LogP contribution is 2.16. The molecule has 0 saturated carbocycles. The number of nitrogens with zero attached hydrogens (tertiary/aromatic N) is 1. The normalized spacial score (nSPS) is 10.2. The molecule has 0 aliphatic rings. The van der Waals surface area contributed by atoms with Gasteiger partial charge in [0.2, 0.25) is 5.76 Å². The summed E-state index contributed by atoms with van der Waals surface area (Å²) in [6, 6.07) is 6.54. The Bertz CT molecular complexity index is 533. The van der Waals surface area contributed by atoms with Crippen molar-refractivity contribution >= 4 is 5.97 Å². The second-order valence-corrected chi connectivity index (χ2v) is 3.45. The summed E-state index contributed by atoms with van der Waals surface area (Å²) in [6.07, 6.45) is 1.68. The molecular weight excluding hydrogens is 222 g/mol. The molecule has 2 heterocycles. The van der Waals surface area contributed by atoms with Gasteiger partial charge < -0.3 is 14.3 Å². The van der Waals surface area contributed by atoms with E-state index in [2.05, 4.69) is 4.98 Å². The van der Waals surface area contributed by atoms with Crippen LogP contribution in [0.15, 0.2) is 34.9 Å². The van der Waals surface area contributed by atoms with E-state index in [1.807, 2.05) is 6.92 Å². The fraction of sp³-hybridized carbons (Fsp3) is 0.167. The molecule has 0 radical (unpaired) electrons. The van der Waals surface area contributed by atoms with E-state index in [1.54, 1.807) is 24.4 Å². The summed E-state index contributed by atoms with van der Waals surface area (Å²) in [7, 11) is 0. The van der Waals surface area contributed by atoms with E-state index < -0.39 is 5.97 Å². The second kappa shape index (κ2) is 4.69. The topological polar surface area (TPSA) is 72.6 Å². The summed E-state index contributed by atoms with van der Waals surface area (Å²) in [5.74, 6) is -0.0632. The molecule has 5 heteroatoms. The van der Waals surface area contributed by atoms with Gasteiger partial charge >= 0.3 is 5.97 Å². The van der Waals surface area contributed by atoms with E-state index in [4.69, 9.17) is 14.3 Å². The molecule has 88 valence electrons. The number of pyridine rings is 1. The summed E-state index contributed by atoms with van der Waals surface area (Å²) in [6.45, 7) is 2.01. The van der Waals surface area contributed by atoms with Gasteiger partial charge in [0.15, 0.2) is 0 Å². The molecule has 0 atom stereocenters. The van der Waals surface area contributed by atoms with Crippen LogP contribution in [0.2, 0.25) is 0 Å². The molecule has 0 amide bonds. The number of hydrogen-bond acceptors (Lipinski definition) is 4. The smallest absolute Gasteiger partial charge is 0.371 e. The lowest BCUT2D eigenvalue weighted by Crippen LogP contribution is -1.97. The molecule has 2 aromatic rings. The molecule has 0 aliphatic carbocycles. The molecule has 0 fully saturated rings. The van der Waals surface area contributed by atoms with Crippen molar-refractivity contribution in [2.45, 2.75) is 13.5 Å². The lowest BCUT2D eigenvalue weighted by molar-refractivity contribution is 0.0658. The van der Waals surface area contributed by atoms with Gasteiger partial charge in [-0.1, -0.05) is 0 Å². The third-order valence-corrected chi connectivity index (χ3v) is 2.20. The summed E-state index contributed by atoms with van der Waals surface area (Å²) in [5, 5.41) is 8.68. The lowest BCUT2D eigenvalue weighted by Gasteiger charge is -2.05. The maximum absolute atomic E-state index is 10.6. The minimum absolute atomic E-state index is 0.0912. The van der Waals surface area contributed by atoms with Crippen molar-refractivity contribution in [2.24, 2.45) is 0 Å². The van der Waals surface area contributed by atoms with E-state index in [1.165, 1.54) is 6.07 Å². The number of ether oxygens (including phenoxy) is 1. The number of furan rings is 1. The van der Waals surface area contributed by atoms with Crippen LogP contribution in [0, 0.1) is 6.92 Å². The number of rotatable bonds is 4. The first-order valence-electron chi connectivity index (χ1n) is 5.03. The Morgan fingerprint density at radius 1 is 1.47 bits per heavy atom. The van der Waals surface area contributed by atoms with Gasteiger partial charge in [-0.05, 0) is 31.2 Å². The molecule has 0 unspecified atom stereocenters. The molecule has 0 aliphatic heterocycles. The first-order chi connectivity index (χ1) is 8.16. The number of carbonyl (C=O) groups is 1. The van der Waals surface area contributed by atoms with Crippen molar-refractivity contribution in [1.82, 2.24) is 4.98 Å². The number of aromatic nitrogens is 1. The van der Waals surface area contributed by atoms with Crippen LogP contribution in [0.1, 0.15) is 22.0 Å². The van der Waals surface area contributed by atoms with Crippen LogP contribution >= 0.6 is 0 Å². The molecule has 5 nitrogen and oxygen atoms in total. The molecule has 0 bridgehead atoms. The van der Waals surface area contributed by atoms with Crippen LogP contribution in [0.25, 0.3) is 0 Å². The Morgan fingerprint density at radius 2 is 2.29 bits per heavy atom. The van der Waals surface area contributed by atoms with Crippen LogP contribution in [-0.4, -0.2) is 16.1 Å². The van der Waals surface area contributed by atoms with Crippen molar-refractivity contribution in [3.05, 3.63) is 47.7 Å². The number of aromatic carboxylic acids is 1. The molecular formula is C12H11NO4. The van der Waals surface area contributed by atoms with Gasteiger partial charge in [-0.3, -0.25) is 4.98 Å². The van der Waals surface area contributed by atoms with Crippen LogP contribution in [0.5, 0.6) is 5.75 Å². The Morgan fingerprint density at radius 3 is 2.94 bits per heavy atom. The quantitative estimate of drug-likeness (QED) is 0.876. The van der Waals surface area contributed by atoms with E-state index in [-0.39, 0.29) is 12.4 Å². The highest BCUT2D eigenvalue weighted by Gasteiger charge is 2.09. The molecule has 2 aromatic heterocycles. The monoisotopic (exact) mass is 233 g/mol. The predicted molar refractivity (Wildman–Crippen MR) is 59.0 cm³/mol. The molecule has 17 heavy (non-hydrogen) atoms. The molecule has 2 rings (SSSR count). The summed E-state index contributed by atoms with van der Waals surface area (Å²) in [5.41, 5.74) is 0.775. The van der Waals surface area contributed by atoms with E-state index in [0.717, 1.165) is 5.69 Å². The average molecular weight is 233 g/mol. The number of carboxylic acids is 1. The minimum Gasteiger partial charge on any atom is -0.484 e. The zero-order valence-electron chi connectivity index (χ0n) is 9.21. The number of hydrogen-bond donors (Lipinski definition) is 1. The van der Waals surface area contributed by atoms with Gasteiger partial charge in [-0.2, -0.15) is 0 Å². The summed E-state index contributed by atoms with van der Waals surface area (Å²) in [4.78, 5) is 14.7. The lowest BCUT2D eigenvalue weighted by atomic mass is 10.3. The Balaban J connectivity index is 2.02. The van der Waals surface area contributed by atoms with Gasteiger partial charge in [0.25, 0.3) is 0 Å². The summed E-state index contributed by atoms with van der Waals surface area (Å²) >= 11 is 0. The van der Waals surface area contributed by atoms with Crippen molar-refractivity contribution in [3.8, 4) is 5.75 Å². The average Bonchev–Trinajstić information content (AvgIpc) is 2.77. The number of aryl methyl sites for hydroxylation is 1. The molecule has 0 saturated heterocycles. The van der Waals surface area contributed by atoms with Gasteiger partial charge in [0.1, 0.15) is 18.1 Å². The van der Waals surface area contributed by atoms with Crippen molar-refractivity contribution in [2.75, 3.05) is 0 Å². The fourth-order valence-corrected chi connectivity index (χ4v) is 1.34. The standard InChI is InChI=1S/C12H11NO4/c1-8-10(3-2-6-13-8)16-7-9-4-5-11(17-9)12(14)15/h2-6H,7H2,1H3,(H,14,15). The Labute approximate surface area is 97.7 Å². The Kier molecular flexibility index (Phi) is 3.09. The van der Waals surface area contributed by atoms with Gasteiger partial charge in [0.05, 0.1) is 5.69 Å². The third-order valence-electron chi connectivity index (χ3n) is 2.20. The second-order valence-electron chi connectivity index (χ2n) is 3.45. The fourth-order valence-electron chi connectivity index (χ4n) is 1.34. The summed E-state index contributed by atoms with van der Waals surface area (Å²) < 4.78 is 10.5. The van der Waals surface area contributed by atoms with E-state index >= 15 is 0 Å². The van der Waals surface area contributed by atoms with Crippen LogP contribution < -0.4 is 4.74 Å². The molecule has 0 spiro atoms. The van der Waals surface area contributed by atoms with Crippen LogP contribution in [-0.2, 0) is 6.61 Å². The van der Waals surface area contributed by atoms with Gasteiger partial charge in [-0.25, -0.2) is 4.79 Å². The number of carboxylic acid groups (broad SMARTS) is 1. The van der Waals surface area contributed by atoms with Gasteiger partial charge in [-0.15, -0.1) is 0 Å². The highest BCUT2D eigenvalue weighted by atomic mass is 16.5. The maximum Gasteiger partial charge on any atom is 0.371 e. The highest BCUT2D eigenvalue weighted by molar-refractivity contribution is 5.84. The minimum atomic E-state index is -1.09. The zero-order chi connectivity index (χ0) is 12.3. The van der Waals surface area contributed by atoms with Crippen LogP contribution in [0.3, 0.4) is 0 Å². The van der Waals surface area contributed by atoms with Crippen molar-refractivity contribution in [3.63, 3.8) is 0 Å². The maximum atomic E-state index is 10.6. The first-order valence-corrected chi connectivity index (χ1v) is 5.03. The van der Waals surface area contributed by atoms with E-state index in [0.29, 0.717) is 11.5 Å². The SMILES string of the molecule is Cc1ncccc1OCc1ccc(C(=O)O)o1. The molecule has 1 N–H and O–H groups in total. The van der Waals surface area contributed by atoms with Crippen molar-refractivity contribution in [1.29, 1.82) is 0 Å². The van der Waals surface area contributed by atoms with Crippen molar-refractivity contribution < 1.29 is 19.1 Å². The van der Waals surface area contributed by atoms with E-state index in [9.17, 15) is 4.79 Å². The Hall–Kier alpha value is -2.30. The first kappa shape index (κ1) is 11.2. The van der Waals surface area contributed by atoms with Gasteiger partial charge in [0, 0.05) is 6.20 Å². The largest absolute Gasteiger partial charge is 0.484 e. The third kappa shape index (κ3) is 2.63. The van der Waals surface area contributed by atoms with Crippen LogP contribution in [0.4, 0.5) is 0 Å². The predicted octanol–water partition coefficient (Wildman–Crippen LogP) is 2.26.